The summed E-state index contributed by atoms with van der Waals surface area (Å²) in [6, 6.07) is -0.698. The van der Waals surface area contributed by atoms with Gasteiger partial charge in [-0.25, -0.2) is 0 Å². The van der Waals surface area contributed by atoms with E-state index in [1.54, 1.807) is 0 Å². The normalized spacial score (nSPS) is 12.7. The van der Waals surface area contributed by atoms with E-state index in [1.165, 1.54) is 31.2 Å². The summed E-state index contributed by atoms with van der Waals surface area (Å²) < 4.78 is 4.46. The molecule has 1 amide bonds. The van der Waals surface area contributed by atoms with E-state index in [-0.39, 0.29) is 0 Å². The van der Waals surface area contributed by atoms with E-state index in [2.05, 4.69) is 31.7 Å². The third-order valence-electron chi connectivity index (χ3n) is 1.56. The first-order valence-electron chi connectivity index (χ1n) is 4.18. The molecule has 0 saturated heterocycles. The Hall–Kier alpha value is -1.22. The number of esters is 1. The minimum absolute atomic E-state index is 0.292. The van der Waals surface area contributed by atoms with Gasteiger partial charge in [0.05, 0.1) is 0 Å². The first kappa shape index (κ1) is 13.8. The molecule has 0 spiro atoms. The first-order valence-corrected chi connectivity index (χ1v) is 4.75. The Balaban J connectivity index is 4.47. The topological polar surface area (TPSA) is 55.4 Å². The molecule has 5 heteroatoms. The maximum absolute atomic E-state index is 11.5. The molecule has 15 heavy (non-hydrogen) atoms. The van der Waals surface area contributed by atoms with Gasteiger partial charge in [-0.1, -0.05) is 0 Å². The molecular weight excluding hydrogens is 241 g/mol. The number of hydrogen-bond donors (Lipinski definition) is 1. The third kappa shape index (κ3) is 4.70. The molecule has 0 fully saturated rings. The fourth-order valence-corrected chi connectivity index (χ4v) is 1.01. The summed E-state index contributed by atoms with van der Waals surface area (Å²) in [6.45, 7) is 4.98. The van der Waals surface area contributed by atoms with Crippen LogP contribution in [-0.4, -0.2) is 30.0 Å². The van der Waals surface area contributed by atoms with Crippen molar-refractivity contribution in [3.05, 3.63) is 24.3 Å². The third-order valence-corrected chi connectivity index (χ3v) is 1.87. The van der Waals surface area contributed by atoms with Gasteiger partial charge in [0, 0.05) is 0 Å². The van der Waals surface area contributed by atoms with Crippen LogP contribution in [0.15, 0.2) is 24.3 Å². The van der Waals surface area contributed by atoms with Crippen LogP contribution in [0, 0.1) is 0 Å². The summed E-state index contributed by atoms with van der Waals surface area (Å²) >= 11 is 4.35. The van der Waals surface area contributed by atoms with Crippen LogP contribution in [0.2, 0.25) is 0 Å². The van der Waals surface area contributed by atoms with E-state index < -0.39 is 17.9 Å². The number of methoxy groups -OCH3 is 1. The molecule has 0 aliphatic rings. The molecule has 1 atom stereocenters. The average Bonchev–Trinajstić information content (AvgIpc) is 2.24. The van der Waals surface area contributed by atoms with Crippen molar-refractivity contribution in [2.24, 2.45) is 0 Å². The number of carbonyl (C=O) groups is 2. The van der Waals surface area contributed by atoms with Gasteiger partial charge in [-0.2, -0.15) is 0 Å². The number of nitrogens with one attached hydrogen (secondary N) is 1. The molecule has 0 rings (SSSR count). The van der Waals surface area contributed by atoms with Crippen LogP contribution in [0.25, 0.3) is 0 Å². The van der Waals surface area contributed by atoms with E-state index in [1.807, 2.05) is 0 Å². The van der Waals surface area contributed by atoms with E-state index in [9.17, 15) is 9.59 Å². The molecule has 0 bridgehead atoms. The van der Waals surface area contributed by atoms with Gasteiger partial charge in [0.1, 0.15) is 0 Å². The minimum atomic E-state index is -0.698. The van der Waals surface area contributed by atoms with Crippen LogP contribution in [0.1, 0.15) is 6.92 Å². The molecule has 0 aliphatic heterocycles. The molecule has 0 saturated carbocycles. The van der Waals surface area contributed by atoms with Crippen molar-refractivity contribution in [2.75, 3.05) is 7.11 Å². The van der Waals surface area contributed by atoms with Gasteiger partial charge in [0.15, 0.2) is 0 Å². The Morgan fingerprint density at radius 3 is 2.53 bits per heavy atom. The van der Waals surface area contributed by atoms with Crippen molar-refractivity contribution in [1.82, 2.24) is 5.32 Å². The summed E-state index contributed by atoms with van der Waals surface area (Å²) in [7, 11) is 1.26. The summed E-state index contributed by atoms with van der Waals surface area (Å²) in [5, 5.41) is 2.45. The van der Waals surface area contributed by atoms with Gasteiger partial charge in [-0.05, 0) is 0 Å². The molecule has 0 heterocycles. The summed E-state index contributed by atoms with van der Waals surface area (Å²) in [5.74, 6) is -0.923. The van der Waals surface area contributed by atoms with E-state index >= 15 is 0 Å². The number of hydrogen-bond acceptors (Lipinski definition) is 3. The quantitative estimate of drug-likeness (QED) is 0.328. The molecule has 0 unspecified atom stereocenters. The summed E-state index contributed by atoms with van der Waals surface area (Å²) in [4.78, 5) is 23.7. The zero-order valence-electron chi connectivity index (χ0n) is 8.56. The van der Waals surface area contributed by atoms with Crippen LogP contribution in [0.3, 0.4) is 0 Å². The van der Waals surface area contributed by atoms with Gasteiger partial charge in [0.2, 0.25) is 0 Å². The van der Waals surface area contributed by atoms with Crippen molar-refractivity contribution in [3.63, 3.8) is 0 Å². The molecular formula is C10H13NNiO3. The van der Waals surface area contributed by atoms with E-state index in [4.69, 9.17) is 0 Å². The monoisotopic (exact) mass is 253 g/mol. The second-order valence-electron chi connectivity index (χ2n) is 2.67. The average molecular weight is 254 g/mol. The Morgan fingerprint density at radius 2 is 2.13 bits per heavy atom. The molecule has 0 aromatic carbocycles. The molecule has 86 valence electrons. The predicted octanol–water partition coefficient (Wildman–Crippen LogP) is 0.125. The number of ether oxygens (including phenoxy) is 1. The standard InChI is InChI=1S/C10H13NO3.Ni/c1-5-6-7(2)9(12)11-8(3)10(13)14-4;/h2,5-6,8H,1H2,3-4H3,(H,11,12);/b7-6+;/t8-;/m0./s1. The van der Waals surface area contributed by atoms with Crippen molar-refractivity contribution in [3.8, 4) is 0 Å². The Morgan fingerprint density at radius 1 is 1.53 bits per heavy atom. The van der Waals surface area contributed by atoms with Crippen molar-refractivity contribution >= 4 is 16.9 Å². The second kappa shape index (κ2) is 7.13. The van der Waals surface area contributed by atoms with Crippen LogP contribution >= 0.6 is 0 Å². The first-order chi connectivity index (χ1) is 7.06. The molecule has 4 nitrogen and oxygen atoms in total. The maximum atomic E-state index is 11.5. The fourth-order valence-electron chi connectivity index (χ4n) is 0.790. The van der Waals surface area contributed by atoms with Crippen LogP contribution in [-0.2, 0) is 29.4 Å². The molecule has 1 N–H and O–H groups in total. The van der Waals surface area contributed by atoms with Gasteiger partial charge in [-0.3, -0.25) is 0 Å². The van der Waals surface area contributed by atoms with Gasteiger partial charge < -0.3 is 0 Å². The number of allylic oxidation sites excluding steroid dienone is 2. The van der Waals surface area contributed by atoms with Gasteiger partial charge in [0.25, 0.3) is 0 Å². The van der Waals surface area contributed by atoms with Crippen molar-refractivity contribution < 1.29 is 29.4 Å². The Kier molecular flexibility index (Phi) is 6.55. The zero-order valence-corrected chi connectivity index (χ0v) is 9.55. The van der Waals surface area contributed by atoms with Crippen LogP contribution in [0.4, 0.5) is 0 Å². The second-order valence-corrected chi connectivity index (χ2v) is 2.95. The zero-order chi connectivity index (χ0) is 11.8. The number of amides is 1. The Bertz CT molecular complexity index is 310. The van der Waals surface area contributed by atoms with Crippen LogP contribution < -0.4 is 5.32 Å². The fraction of sp³-hybridized carbons (Fsp3) is 0.300. The van der Waals surface area contributed by atoms with E-state index in [0.29, 0.717) is 5.57 Å². The SMILES string of the molecule is C=C/C=C(\[CH]=[Ni])C(=O)N[C@@H](C)C(=O)OC. The predicted molar refractivity (Wildman–Crippen MR) is 54.0 cm³/mol. The molecule has 0 aliphatic carbocycles. The van der Waals surface area contributed by atoms with Crippen molar-refractivity contribution in [1.29, 1.82) is 0 Å². The number of rotatable bonds is 5. The van der Waals surface area contributed by atoms with Gasteiger partial charge >= 0.3 is 95.9 Å². The summed E-state index contributed by atoms with van der Waals surface area (Å²) in [6.07, 6.45) is 2.93. The Labute approximate surface area is 96.3 Å². The molecule has 0 aromatic rings. The van der Waals surface area contributed by atoms with Crippen molar-refractivity contribution in [2.45, 2.75) is 13.0 Å². The molecule has 0 radical (unpaired) electrons. The molecule has 0 aromatic heterocycles. The van der Waals surface area contributed by atoms with Gasteiger partial charge in [-0.15, -0.1) is 0 Å². The van der Waals surface area contributed by atoms with E-state index in [0.717, 1.165) is 0 Å². The number of carbonyl (C=O) groups excluding carboxylic acids is 2. The van der Waals surface area contributed by atoms with Crippen LogP contribution in [0.5, 0.6) is 0 Å². The summed E-state index contributed by atoms with van der Waals surface area (Å²) in [5.41, 5.74) is 0.292.